The zero-order chi connectivity index (χ0) is 20.0. The molecule has 5 heteroatoms. The molecule has 0 radical (unpaired) electrons. The Hall–Kier alpha value is -2.82. The SMILES string of the molecule is COc1ccc2c(c1)N(C(=O)OC(C)(C)C)c1ccc(C=O)cc1C2(C)C. The summed E-state index contributed by atoms with van der Waals surface area (Å²) in [4.78, 5) is 26.0. The summed E-state index contributed by atoms with van der Waals surface area (Å²) in [5.74, 6) is 0.658. The predicted octanol–water partition coefficient (Wildman–Crippen LogP) is 5.22. The average Bonchev–Trinajstić information content (AvgIpc) is 2.59. The third-order valence-corrected chi connectivity index (χ3v) is 4.77. The van der Waals surface area contributed by atoms with Gasteiger partial charge in [0.2, 0.25) is 0 Å². The van der Waals surface area contributed by atoms with Crippen LogP contribution in [-0.4, -0.2) is 25.1 Å². The fraction of sp³-hybridized carbons (Fsp3) is 0.364. The quantitative estimate of drug-likeness (QED) is 0.683. The molecule has 0 saturated heterocycles. The van der Waals surface area contributed by atoms with Gasteiger partial charge in [0.15, 0.2) is 0 Å². The lowest BCUT2D eigenvalue weighted by atomic mass is 9.73. The Morgan fingerprint density at radius 1 is 1.04 bits per heavy atom. The molecule has 2 aromatic carbocycles. The third kappa shape index (κ3) is 3.29. The molecule has 2 aromatic rings. The number of carbonyl (C=O) groups is 2. The number of methoxy groups -OCH3 is 1. The lowest BCUT2D eigenvalue weighted by Gasteiger charge is -2.41. The minimum atomic E-state index is -0.633. The Bertz CT molecular complexity index is 909. The van der Waals surface area contributed by atoms with Gasteiger partial charge >= 0.3 is 6.09 Å². The number of hydrogen-bond donors (Lipinski definition) is 0. The molecular formula is C22H25NO4. The number of ether oxygens (including phenoxy) is 2. The first kappa shape index (κ1) is 19.0. The van der Waals surface area contributed by atoms with Gasteiger partial charge in [-0.1, -0.05) is 19.9 Å². The number of benzene rings is 2. The first-order chi connectivity index (χ1) is 12.6. The molecule has 3 rings (SSSR count). The molecule has 0 fully saturated rings. The Morgan fingerprint density at radius 3 is 2.33 bits per heavy atom. The van der Waals surface area contributed by atoms with E-state index in [0.29, 0.717) is 17.0 Å². The first-order valence-corrected chi connectivity index (χ1v) is 8.90. The molecule has 0 aliphatic carbocycles. The summed E-state index contributed by atoms with van der Waals surface area (Å²) >= 11 is 0. The van der Waals surface area contributed by atoms with Crippen LogP contribution in [0.25, 0.3) is 0 Å². The van der Waals surface area contributed by atoms with Crippen molar-refractivity contribution in [3.8, 4) is 5.75 Å². The van der Waals surface area contributed by atoms with Crippen LogP contribution in [-0.2, 0) is 10.2 Å². The van der Waals surface area contributed by atoms with Crippen LogP contribution in [0.2, 0.25) is 0 Å². The van der Waals surface area contributed by atoms with Crippen molar-refractivity contribution >= 4 is 23.8 Å². The number of anilines is 2. The van der Waals surface area contributed by atoms with Crippen LogP contribution in [0.15, 0.2) is 36.4 Å². The van der Waals surface area contributed by atoms with Crippen molar-refractivity contribution in [2.45, 2.75) is 45.6 Å². The first-order valence-electron chi connectivity index (χ1n) is 8.90. The second-order valence-corrected chi connectivity index (χ2v) is 8.22. The number of carbonyl (C=O) groups excluding carboxylic acids is 2. The third-order valence-electron chi connectivity index (χ3n) is 4.77. The van der Waals surface area contributed by atoms with Crippen LogP contribution in [0, 0.1) is 0 Å². The number of rotatable bonds is 2. The highest BCUT2D eigenvalue weighted by Crippen LogP contribution is 2.50. The van der Waals surface area contributed by atoms with Gasteiger partial charge in [0.25, 0.3) is 0 Å². The van der Waals surface area contributed by atoms with Crippen molar-refractivity contribution in [3.05, 3.63) is 53.1 Å². The Labute approximate surface area is 159 Å². The minimum Gasteiger partial charge on any atom is -0.497 e. The molecule has 1 amide bonds. The lowest BCUT2D eigenvalue weighted by molar-refractivity contribution is 0.0597. The molecule has 1 heterocycles. The van der Waals surface area contributed by atoms with E-state index < -0.39 is 17.1 Å². The maximum Gasteiger partial charge on any atom is 0.419 e. The van der Waals surface area contributed by atoms with Crippen LogP contribution in [0.1, 0.15) is 56.1 Å². The van der Waals surface area contributed by atoms with E-state index in [1.165, 1.54) is 0 Å². The molecule has 142 valence electrons. The van der Waals surface area contributed by atoms with Crippen LogP contribution in [0.5, 0.6) is 5.75 Å². The summed E-state index contributed by atoms with van der Waals surface area (Å²) in [6.45, 7) is 9.67. The van der Waals surface area contributed by atoms with E-state index in [0.717, 1.165) is 23.1 Å². The largest absolute Gasteiger partial charge is 0.497 e. The molecular weight excluding hydrogens is 342 g/mol. The summed E-state index contributed by atoms with van der Waals surface area (Å²) in [5.41, 5.74) is 2.84. The topological polar surface area (TPSA) is 55.8 Å². The molecule has 5 nitrogen and oxygen atoms in total. The van der Waals surface area contributed by atoms with E-state index in [9.17, 15) is 9.59 Å². The standard InChI is InChI=1S/C22H25NO4/c1-21(2,3)27-20(25)23-18-10-7-14(13-24)11-17(18)22(4,5)16-9-8-15(26-6)12-19(16)23/h7-13H,1-6H3. The van der Waals surface area contributed by atoms with E-state index in [2.05, 4.69) is 13.8 Å². The van der Waals surface area contributed by atoms with Gasteiger partial charge < -0.3 is 9.47 Å². The van der Waals surface area contributed by atoms with Crippen molar-refractivity contribution < 1.29 is 19.1 Å². The van der Waals surface area contributed by atoms with Crippen molar-refractivity contribution in [1.82, 2.24) is 0 Å². The molecule has 1 aliphatic heterocycles. The van der Waals surface area contributed by atoms with Gasteiger partial charge in [-0.15, -0.1) is 0 Å². The fourth-order valence-corrected chi connectivity index (χ4v) is 3.45. The Morgan fingerprint density at radius 2 is 1.74 bits per heavy atom. The highest BCUT2D eigenvalue weighted by atomic mass is 16.6. The summed E-state index contributed by atoms with van der Waals surface area (Å²) in [6.07, 6.45) is 0.352. The van der Waals surface area contributed by atoms with Crippen LogP contribution < -0.4 is 9.64 Å². The average molecular weight is 367 g/mol. The molecule has 0 bridgehead atoms. The summed E-state index contributed by atoms with van der Waals surface area (Å²) in [6, 6.07) is 11.0. The summed E-state index contributed by atoms with van der Waals surface area (Å²) in [7, 11) is 1.60. The molecule has 0 aromatic heterocycles. The van der Waals surface area contributed by atoms with Gasteiger partial charge in [-0.2, -0.15) is 0 Å². The number of nitrogens with zero attached hydrogens (tertiary/aromatic N) is 1. The predicted molar refractivity (Wildman–Crippen MR) is 105 cm³/mol. The summed E-state index contributed by atoms with van der Waals surface area (Å²) < 4.78 is 11.0. The minimum absolute atomic E-state index is 0.394. The van der Waals surface area contributed by atoms with Crippen molar-refractivity contribution in [2.24, 2.45) is 0 Å². The molecule has 1 aliphatic rings. The Kier molecular flexibility index (Phi) is 4.50. The monoisotopic (exact) mass is 367 g/mol. The van der Waals surface area contributed by atoms with Gasteiger partial charge in [-0.25, -0.2) is 9.69 Å². The van der Waals surface area contributed by atoms with E-state index in [-0.39, 0.29) is 0 Å². The van der Waals surface area contributed by atoms with E-state index in [4.69, 9.17) is 9.47 Å². The van der Waals surface area contributed by atoms with Crippen molar-refractivity contribution in [2.75, 3.05) is 12.0 Å². The second kappa shape index (κ2) is 6.41. The molecule has 0 spiro atoms. The number of hydrogen-bond acceptors (Lipinski definition) is 4. The van der Waals surface area contributed by atoms with Gasteiger partial charge in [0.1, 0.15) is 17.6 Å². The maximum atomic E-state index is 13.1. The highest BCUT2D eigenvalue weighted by molar-refractivity contribution is 6.01. The lowest BCUT2D eigenvalue weighted by Crippen LogP contribution is -2.39. The zero-order valence-electron chi connectivity index (χ0n) is 16.6. The van der Waals surface area contributed by atoms with Gasteiger partial charge in [-0.3, -0.25) is 4.79 Å². The van der Waals surface area contributed by atoms with Crippen LogP contribution in [0.4, 0.5) is 16.2 Å². The van der Waals surface area contributed by atoms with Gasteiger partial charge in [0.05, 0.1) is 18.5 Å². The second-order valence-electron chi connectivity index (χ2n) is 8.22. The summed E-state index contributed by atoms with van der Waals surface area (Å²) in [5, 5.41) is 0. The van der Waals surface area contributed by atoms with Crippen LogP contribution in [0.3, 0.4) is 0 Å². The normalized spacial score (nSPS) is 14.8. The number of fused-ring (bicyclic) bond motifs is 2. The van der Waals surface area contributed by atoms with Gasteiger partial charge in [0, 0.05) is 17.0 Å². The molecule has 0 saturated carbocycles. The van der Waals surface area contributed by atoms with Crippen LogP contribution >= 0.6 is 0 Å². The maximum absolute atomic E-state index is 13.1. The van der Waals surface area contributed by atoms with E-state index >= 15 is 0 Å². The smallest absolute Gasteiger partial charge is 0.419 e. The van der Waals surface area contributed by atoms with Crippen molar-refractivity contribution in [1.29, 1.82) is 0 Å². The highest BCUT2D eigenvalue weighted by Gasteiger charge is 2.40. The molecule has 0 unspecified atom stereocenters. The number of amides is 1. The number of aldehydes is 1. The van der Waals surface area contributed by atoms with E-state index in [1.807, 2.05) is 45.0 Å². The fourth-order valence-electron chi connectivity index (χ4n) is 3.45. The Balaban J connectivity index is 2.27. The van der Waals surface area contributed by atoms with Crippen molar-refractivity contribution in [3.63, 3.8) is 0 Å². The molecule has 27 heavy (non-hydrogen) atoms. The van der Waals surface area contributed by atoms with E-state index in [1.54, 1.807) is 24.1 Å². The van der Waals surface area contributed by atoms with Gasteiger partial charge in [-0.05, 0) is 56.2 Å². The molecule has 0 atom stereocenters. The zero-order valence-corrected chi connectivity index (χ0v) is 16.6. The molecule has 0 N–H and O–H groups in total.